The molecule has 1 aliphatic rings. The van der Waals surface area contributed by atoms with Gasteiger partial charge in [-0.25, -0.2) is 0 Å². The number of halogens is 1. The van der Waals surface area contributed by atoms with Gasteiger partial charge >= 0.3 is 0 Å². The second-order valence-corrected chi connectivity index (χ2v) is 3.38. The summed E-state index contributed by atoms with van der Waals surface area (Å²) in [6.45, 7) is 0. The molecule has 0 aliphatic carbocycles. The molecule has 2 amide bonds. The third-order valence-electron chi connectivity index (χ3n) is 2.17. The van der Waals surface area contributed by atoms with Gasteiger partial charge in [0.2, 0.25) is 0 Å². The molecule has 0 bridgehead atoms. The number of anilines is 1. The van der Waals surface area contributed by atoms with Gasteiger partial charge in [0.15, 0.2) is 0 Å². The first-order valence-electron chi connectivity index (χ1n) is 4.08. The predicted octanol–water partition coefficient (Wildman–Crippen LogP) is 1.08. The van der Waals surface area contributed by atoms with Crippen LogP contribution >= 0.6 is 11.6 Å². The number of hydrogen-bond acceptors (Lipinski definition) is 4. The lowest BCUT2D eigenvalue weighted by Crippen LogP contribution is -2.28. The Morgan fingerprint density at radius 1 is 1.27 bits per heavy atom. The highest BCUT2D eigenvalue weighted by molar-refractivity contribution is 6.37. The van der Waals surface area contributed by atoms with Crippen LogP contribution in [0.2, 0.25) is 5.02 Å². The van der Waals surface area contributed by atoms with E-state index >= 15 is 0 Å². The van der Waals surface area contributed by atoms with E-state index in [1.54, 1.807) is 0 Å². The van der Waals surface area contributed by atoms with Crippen molar-refractivity contribution in [2.45, 2.75) is 0 Å². The quantitative estimate of drug-likeness (QED) is 0.575. The highest BCUT2D eigenvalue weighted by Crippen LogP contribution is 2.32. The van der Waals surface area contributed by atoms with Gasteiger partial charge in [-0.05, 0) is 12.1 Å². The van der Waals surface area contributed by atoms with Crippen LogP contribution in [0.3, 0.4) is 0 Å². The van der Waals surface area contributed by atoms with Gasteiger partial charge in [0, 0.05) is 5.69 Å². The lowest BCUT2D eigenvalue weighted by molar-refractivity contribution is -0.0645. The monoisotopic (exact) mass is 226 g/mol. The molecule has 0 fully saturated rings. The molecule has 2 N–H and O–H groups in total. The highest BCUT2D eigenvalue weighted by atomic mass is 35.5. The zero-order valence-electron chi connectivity index (χ0n) is 7.78. The first-order chi connectivity index (χ1) is 7.07. The minimum atomic E-state index is -0.588. The fraction of sp³-hybridized carbons (Fsp3) is 0.111. The zero-order valence-corrected chi connectivity index (χ0v) is 8.54. The second-order valence-electron chi connectivity index (χ2n) is 2.97. The number of nitrogen functional groups attached to an aromatic ring is 1. The van der Waals surface area contributed by atoms with E-state index in [0.717, 1.165) is 0 Å². The smallest absolute Gasteiger partial charge is 0.288 e. The number of rotatable bonds is 1. The van der Waals surface area contributed by atoms with E-state index in [1.165, 1.54) is 19.2 Å². The van der Waals surface area contributed by atoms with Crippen LogP contribution in [0, 0.1) is 0 Å². The Bertz CT molecular complexity index is 432. The van der Waals surface area contributed by atoms with Crippen molar-refractivity contribution in [3.63, 3.8) is 0 Å². The summed E-state index contributed by atoms with van der Waals surface area (Å²) < 4.78 is 0. The number of carbonyl (C=O) groups is 2. The van der Waals surface area contributed by atoms with Crippen molar-refractivity contribution in [2.24, 2.45) is 0 Å². The molecular formula is C9H7ClN2O3. The summed E-state index contributed by atoms with van der Waals surface area (Å²) in [6, 6.07) is 2.95. The van der Waals surface area contributed by atoms with Crippen LogP contribution in [0.15, 0.2) is 12.1 Å². The molecule has 0 unspecified atom stereocenters. The number of fused-ring (bicyclic) bond motifs is 1. The number of imide groups is 1. The van der Waals surface area contributed by atoms with Gasteiger partial charge in [-0.1, -0.05) is 11.6 Å². The molecule has 5 nitrogen and oxygen atoms in total. The van der Waals surface area contributed by atoms with E-state index in [0.29, 0.717) is 5.06 Å². The van der Waals surface area contributed by atoms with Crippen LogP contribution in [-0.4, -0.2) is 24.0 Å². The molecule has 15 heavy (non-hydrogen) atoms. The molecule has 0 saturated heterocycles. The SMILES string of the molecule is CON1C(=O)c2c(N)ccc(Cl)c2C1=O. The van der Waals surface area contributed by atoms with Gasteiger partial charge in [-0.15, -0.1) is 5.06 Å². The topological polar surface area (TPSA) is 72.6 Å². The van der Waals surface area contributed by atoms with E-state index in [9.17, 15) is 9.59 Å². The van der Waals surface area contributed by atoms with E-state index in [2.05, 4.69) is 4.84 Å². The maximum atomic E-state index is 11.7. The minimum absolute atomic E-state index is 0.100. The van der Waals surface area contributed by atoms with Crippen molar-refractivity contribution in [3.05, 3.63) is 28.3 Å². The molecule has 0 spiro atoms. The van der Waals surface area contributed by atoms with E-state index in [-0.39, 0.29) is 21.8 Å². The van der Waals surface area contributed by atoms with Gasteiger partial charge in [0.05, 0.1) is 23.3 Å². The first kappa shape index (κ1) is 9.95. The van der Waals surface area contributed by atoms with Crippen molar-refractivity contribution >= 4 is 29.1 Å². The minimum Gasteiger partial charge on any atom is -0.398 e. The van der Waals surface area contributed by atoms with Crippen molar-refractivity contribution < 1.29 is 14.4 Å². The summed E-state index contributed by atoms with van der Waals surface area (Å²) in [5, 5.41) is 0.824. The fourth-order valence-electron chi connectivity index (χ4n) is 1.49. The van der Waals surface area contributed by atoms with Crippen molar-refractivity contribution in [3.8, 4) is 0 Å². The number of hydroxylamine groups is 2. The van der Waals surface area contributed by atoms with Crippen molar-refractivity contribution in [1.29, 1.82) is 0 Å². The van der Waals surface area contributed by atoms with Crippen molar-refractivity contribution in [2.75, 3.05) is 12.8 Å². The van der Waals surface area contributed by atoms with Crippen LogP contribution in [0.25, 0.3) is 0 Å². The van der Waals surface area contributed by atoms with Crippen LogP contribution in [0.5, 0.6) is 0 Å². The third kappa shape index (κ3) is 1.20. The third-order valence-corrected chi connectivity index (χ3v) is 2.48. The molecule has 1 aromatic rings. The number of nitrogens with zero attached hydrogens (tertiary/aromatic N) is 1. The summed E-state index contributed by atoms with van der Waals surface area (Å²) in [5.41, 5.74) is 6.02. The van der Waals surface area contributed by atoms with E-state index in [1.807, 2.05) is 0 Å². The Labute approximate surface area is 90.3 Å². The summed E-state index contributed by atoms with van der Waals surface area (Å²) in [7, 11) is 1.23. The number of hydrogen-bond donors (Lipinski definition) is 1. The van der Waals surface area contributed by atoms with Crippen LogP contribution < -0.4 is 5.73 Å². The maximum absolute atomic E-state index is 11.7. The summed E-state index contributed by atoms with van der Waals surface area (Å²) in [5.74, 6) is -1.17. The molecule has 1 aromatic carbocycles. The normalized spacial score (nSPS) is 14.7. The maximum Gasteiger partial charge on any atom is 0.288 e. The predicted molar refractivity (Wildman–Crippen MR) is 53.4 cm³/mol. The van der Waals surface area contributed by atoms with Crippen LogP contribution in [0.4, 0.5) is 5.69 Å². The van der Waals surface area contributed by atoms with Gasteiger partial charge in [0.1, 0.15) is 0 Å². The van der Waals surface area contributed by atoms with Gasteiger partial charge < -0.3 is 5.73 Å². The number of amides is 2. The summed E-state index contributed by atoms with van der Waals surface area (Å²) in [6.07, 6.45) is 0. The number of nitrogens with two attached hydrogens (primary N) is 1. The second kappa shape index (κ2) is 3.22. The number of benzene rings is 1. The average Bonchev–Trinajstić information content (AvgIpc) is 2.46. The largest absolute Gasteiger partial charge is 0.398 e. The molecule has 78 valence electrons. The Morgan fingerprint density at radius 2 is 1.87 bits per heavy atom. The average molecular weight is 227 g/mol. The standard InChI is InChI=1S/C9H7ClN2O3/c1-15-12-8(13)6-4(10)2-3-5(11)7(6)9(12)14/h2-3H,11H2,1H3. The van der Waals surface area contributed by atoms with Gasteiger partial charge in [-0.2, -0.15) is 0 Å². The summed E-state index contributed by atoms with van der Waals surface area (Å²) >= 11 is 5.81. The molecule has 0 aromatic heterocycles. The summed E-state index contributed by atoms with van der Waals surface area (Å²) in [4.78, 5) is 28.0. The molecule has 0 atom stereocenters. The van der Waals surface area contributed by atoms with Gasteiger partial charge in [0.25, 0.3) is 11.8 Å². The Morgan fingerprint density at radius 3 is 2.40 bits per heavy atom. The van der Waals surface area contributed by atoms with E-state index < -0.39 is 11.8 Å². The molecule has 0 saturated carbocycles. The van der Waals surface area contributed by atoms with Crippen LogP contribution in [-0.2, 0) is 4.84 Å². The molecule has 1 heterocycles. The lowest BCUT2D eigenvalue weighted by Gasteiger charge is -2.08. The Kier molecular flexibility index (Phi) is 2.13. The van der Waals surface area contributed by atoms with Crippen molar-refractivity contribution in [1.82, 2.24) is 5.06 Å². The lowest BCUT2D eigenvalue weighted by atomic mass is 10.1. The zero-order chi connectivity index (χ0) is 11.2. The number of carbonyl (C=O) groups excluding carboxylic acids is 2. The highest BCUT2D eigenvalue weighted by Gasteiger charge is 2.39. The molecular weight excluding hydrogens is 220 g/mol. The molecule has 6 heteroatoms. The Hall–Kier alpha value is -1.59. The van der Waals surface area contributed by atoms with Crippen LogP contribution in [0.1, 0.15) is 20.7 Å². The fourth-order valence-corrected chi connectivity index (χ4v) is 1.73. The molecule has 2 rings (SSSR count). The van der Waals surface area contributed by atoms with Gasteiger partial charge in [-0.3, -0.25) is 14.4 Å². The Balaban J connectivity index is 2.72. The molecule has 1 aliphatic heterocycles. The van der Waals surface area contributed by atoms with E-state index in [4.69, 9.17) is 17.3 Å². The first-order valence-corrected chi connectivity index (χ1v) is 4.46. The molecule has 0 radical (unpaired) electrons.